The van der Waals surface area contributed by atoms with Crippen molar-refractivity contribution >= 4 is 17.7 Å². The number of carbonyl (C=O) groups is 3. The summed E-state index contributed by atoms with van der Waals surface area (Å²) in [7, 11) is 0. The van der Waals surface area contributed by atoms with Crippen LogP contribution >= 0.6 is 0 Å². The molecular weight excluding hydrogens is 428 g/mol. The second-order valence-corrected chi connectivity index (χ2v) is 10.4. The molecule has 1 aliphatic heterocycles. The lowest BCUT2D eigenvalue weighted by molar-refractivity contribution is -0.145. The van der Waals surface area contributed by atoms with Gasteiger partial charge in [-0.2, -0.15) is 0 Å². The number of primary amides is 1. The van der Waals surface area contributed by atoms with Crippen LogP contribution in [0.5, 0.6) is 0 Å². The van der Waals surface area contributed by atoms with E-state index in [1.165, 1.54) is 25.7 Å². The summed E-state index contributed by atoms with van der Waals surface area (Å²) < 4.78 is 0. The SMILES string of the molecule is CC(C)CN1CC(CC(=O)N(CCc2ccccc2)CC(N)=O)N(C2CCCCCC2)CC1=O. The van der Waals surface area contributed by atoms with Crippen LogP contribution in [0.3, 0.4) is 0 Å². The number of nitrogens with zero attached hydrogens (tertiary/aromatic N) is 3. The molecule has 34 heavy (non-hydrogen) atoms. The molecule has 2 fully saturated rings. The third-order valence-electron chi connectivity index (χ3n) is 7.07. The van der Waals surface area contributed by atoms with E-state index >= 15 is 0 Å². The maximum atomic E-state index is 13.5. The Hall–Kier alpha value is -2.41. The zero-order chi connectivity index (χ0) is 24.5. The molecule has 0 aromatic heterocycles. The van der Waals surface area contributed by atoms with E-state index < -0.39 is 5.91 Å². The van der Waals surface area contributed by atoms with Gasteiger partial charge >= 0.3 is 0 Å². The van der Waals surface area contributed by atoms with Crippen molar-refractivity contribution in [3.8, 4) is 0 Å². The maximum Gasteiger partial charge on any atom is 0.237 e. The number of amides is 3. The first-order chi connectivity index (χ1) is 16.3. The van der Waals surface area contributed by atoms with Gasteiger partial charge in [0.05, 0.1) is 13.1 Å². The van der Waals surface area contributed by atoms with Gasteiger partial charge in [-0.25, -0.2) is 0 Å². The highest BCUT2D eigenvalue weighted by Gasteiger charge is 2.38. The molecule has 7 heteroatoms. The zero-order valence-electron chi connectivity index (χ0n) is 21.0. The highest BCUT2D eigenvalue weighted by atomic mass is 16.2. The molecule has 2 aliphatic rings. The fourth-order valence-corrected chi connectivity index (χ4v) is 5.38. The first-order valence-electron chi connectivity index (χ1n) is 13.0. The molecule has 188 valence electrons. The Morgan fingerprint density at radius 1 is 1.09 bits per heavy atom. The molecule has 1 aromatic carbocycles. The number of rotatable bonds is 10. The summed E-state index contributed by atoms with van der Waals surface area (Å²) in [6, 6.07) is 10.3. The first-order valence-corrected chi connectivity index (χ1v) is 13.0. The fourth-order valence-electron chi connectivity index (χ4n) is 5.38. The summed E-state index contributed by atoms with van der Waals surface area (Å²) >= 11 is 0. The Bertz CT molecular complexity index is 805. The fraction of sp³-hybridized carbons (Fsp3) is 0.667. The second-order valence-electron chi connectivity index (χ2n) is 10.4. The lowest BCUT2D eigenvalue weighted by Crippen LogP contribution is -2.60. The largest absolute Gasteiger partial charge is 0.368 e. The number of nitrogens with two attached hydrogens (primary N) is 1. The van der Waals surface area contributed by atoms with Crippen LogP contribution in [0.1, 0.15) is 64.4 Å². The number of benzene rings is 1. The van der Waals surface area contributed by atoms with Crippen molar-refractivity contribution in [2.45, 2.75) is 77.3 Å². The minimum atomic E-state index is -0.498. The van der Waals surface area contributed by atoms with Gasteiger partial charge in [-0.1, -0.05) is 69.9 Å². The van der Waals surface area contributed by atoms with Gasteiger partial charge in [0.2, 0.25) is 17.7 Å². The molecule has 0 bridgehead atoms. The average molecular weight is 471 g/mol. The topological polar surface area (TPSA) is 87.0 Å². The van der Waals surface area contributed by atoms with Crippen molar-refractivity contribution in [3.63, 3.8) is 0 Å². The minimum Gasteiger partial charge on any atom is -0.368 e. The van der Waals surface area contributed by atoms with Crippen LogP contribution in [-0.4, -0.2) is 77.2 Å². The van der Waals surface area contributed by atoms with E-state index in [9.17, 15) is 14.4 Å². The quantitative estimate of drug-likeness (QED) is 0.533. The Morgan fingerprint density at radius 2 is 1.76 bits per heavy atom. The summed E-state index contributed by atoms with van der Waals surface area (Å²) in [6.45, 7) is 6.28. The zero-order valence-corrected chi connectivity index (χ0v) is 21.0. The van der Waals surface area contributed by atoms with E-state index in [0.29, 0.717) is 51.0 Å². The Balaban J connectivity index is 1.73. The van der Waals surface area contributed by atoms with Gasteiger partial charge in [-0.15, -0.1) is 0 Å². The average Bonchev–Trinajstić information content (AvgIpc) is 3.08. The molecule has 1 aromatic rings. The smallest absolute Gasteiger partial charge is 0.237 e. The van der Waals surface area contributed by atoms with Crippen LogP contribution in [0, 0.1) is 5.92 Å². The summed E-state index contributed by atoms with van der Waals surface area (Å²) in [6.07, 6.45) is 7.99. The molecule has 2 N–H and O–H groups in total. The lowest BCUT2D eigenvalue weighted by atomic mass is 9.98. The highest BCUT2D eigenvalue weighted by molar-refractivity contribution is 5.84. The van der Waals surface area contributed by atoms with Gasteiger partial charge in [0.1, 0.15) is 0 Å². The summed E-state index contributed by atoms with van der Waals surface area (Å²) in [4.78, 5) is 44.0. The lowest BCUT2D eigenvalue weighted by Gasteiger charge is -2.45. The van der Waals surface area contributed by atoms with Crippen LogP contribution < -0.4 is 5.73 Å². The standard InChI is InChI=1S/C27H42N4O3/c1-21(2)17-30-18-24(31(20-27(30)34)23-12-8-3-4-9-13-23)16-26(33)29(19-25(28)32)15-14-22-10-6-5-7-11-22/h5-7,10-11,21,23-24H,3-4,8-9,12-20H2,1-2H3,(H2,28,32). The monoisotopic (exact) mass is 470 g/mol. The maximum absolute atomic E-state index is 13.5. The van der Waals surface area contributed by atoms with E-state index in [1.54, 1.807) is 4.90 Å². The van der Waals surface area contributed by atoms with Crippen LogP contribution in [0.25, 0.3) is 0 Å². The van der Waals surface area contributed by atoms with Crippen molar-refractivity contribution in [2.75, 3.05) is 32.7 Å². The number of hydrogen-bond acceptors (Lipinski definition) is 4. The third kappa shape index (κ3) is 7.83. The number of hydrogen-bond donors (Lipinski definition) is 1. The second kappa shape index (κ2) is 12.9. The summed E-state index contributed by atoms with van der Waals surface area (Å²) in [5.41, 5.74) is 6.62. The predicted octanol–water partition coefficient (Wildman–Crippen LogP) is 2.82. The van der Waals surface area contributed by atoms with Crippen molar-refractivity contribution in [2.24, 2.45) is 11.7 Å². The van der Waals surface area contributed by atoms with Crippen LogP contribution in [0.15, 0.2) is 30.3 Å². The van der Waals surface area contributed by atoms with Gasteiger partial charge in [0.15, 0.2) is 0 Å². The molecular formula is C27H42N4O3. The van der Waals surface area contributed by atoms with Crippen LogP contribution in [-0.2, 0) is 20.8 Å². The van der Waals surface area contributed by atoms with Crippen LogP contribution in [0.2, 0.25) is 0 Å². The third-order valence-corrected chi connectivity index (χ3v) is 7.07. The highest BCUT2D eigenvalue weighted by Crippen LogP contribution is 2.27. The van der Waals surface area contributed by atoms with Gasteiger partial charge in [-0.3, -0.25) is 19.3 Å². The molecule has 1 heterocycles. The Labute approximate surface area is 204 Å². The molecule has 3 amide bonds. The summed E-state index contributed by atoms with van der Waals surface area (Å²) in [5.74, 6) is -0.0128. The van der Waals surface area contributed by atoms with Gasteiger partial charge < -0.3 is 15.5 Å². The van der Waals surface area contributed by atoms with E-state index in [-0.39, 0.29) is 24.4 Å². The van der Waals surface area contributed by atoms with Crippen molar-refractivity contribution in [1.29, 1.82) is 0 Å². The predicted molar refractivity (Wildman–Crippen MR) is 134 cm³/mol. The van der Waals surface area contributed by atoms with Crippen molar-refractivity contribution in [1.82, 2.24) is 14.7 Å². The molecule has 3 rings (SSSR count). The molecule has 1 saturated carbocycles. The van der Waals surface area contributed by atoms with E-state index in [4.69, 9.17) is 5.73 Å². The molecule has 7 nitrogen and oxygen atoms in total. The molecule has 0 spiro atoms. The normalized spacial score (nSPS) is 20.4. The van der Waals surface area contributed by atoms with Crippen LogP contribution in [0.4, 0.5) is 0 Å². The molecule has 1 saturated heterocycles. The van der Waals surface area contributed by atoms with Crippen molar-refractivity contribution in [3.05, 3.63) is 35.9 Å². The molecule has 0 radical (unpaired) electrons. The number of carbonyl (C=O) groups excluding carboxylic acids is 3. The van der Waals surface area contributed by atoms with Crippen molar-refractivity contribution < 1.29 is 14.4 Å². The van der Waals surface area contributed by atoms with E-state index in [1.807, 2.05) is 35.2 Å². The molecule has 1 unspecified atom stereocenters. The van der Waals surface area contributed by atoms with Gasteiger partial charge in [-0.05, 0) is 30.7 Å². The Kier molecular flexibility index (Phi) is 9.93. The van der Waals surface area contributed by atoms with E-state index in [0.717, 1.165) is 18.4 Å². The molecule has 1 aliphatic carbocycles. The first kappa shape index (κ1) is 26.2. The van der Waals surface area contributed by atoms with Gasteiger partial charge in [0, 0.05) is 38.1 Å². The van der Waals surface area contributed by atoms with Gasteiger partial charge in [0.25, 0.3) is 0 Å². The Morgan fingerprint density at radius 3 is 2.38 bits per heavy atom. The van der Waals surface area contributed by atoms with E-state index in [2.05, 4.69) is 18.7 Å². The number of piperazine rings is 1. The minimum absolute atomic E-state index is 0.0286. The molecule has 1 atom stereocenters. The summed E-state index contributed by atoms with van der Waals surface area (Å²) in [5, 5.41) is 0.